The fourth-order valence-corrected chi connectivity index (χ4v) is 3.07. The van der Waals surface area contributed by atoms with E-state index in [-0.39, 0.29) is 12.2 Å². The van der Waals surface area contributed by atoms with E-state index in [0.717, 1.165) is 6.42 Å². The minimum atomic E-state index is -0.548. The van der Waals surface area contributed by atoms with Gasteiger partial charge in [0.25, 0.3) is 0 Å². The molecule has 0 aromatic rings. The zero-order chi connectivity index (χ0) is 8.22. The van der Waals surface area contributed by atoms with E-state index in [0.29, 0.717) is 11.8 Å². The zero-order valence-electron chi connectivity index (χ0n) is 6.35. The number of halogens is 2. The first-order valence-electron chi connectivity index (χ1n) is 3.93. The maximum absolute atomic E-state index is 6.02. The van der Waals surface area contributed by atoms with Gasteiger partial charge in [0.2, 0.25) is 0 Å². The van der Waals surface area contributed by atoms with E-state index in [2.05, 4.69) is 12.2 Å². The van der Waals surface area contributed by atoms with Gasteiger partial charge in [0, 0.05) is 12.0 Å². The SMILES string of the molecule is C[C@H]1CC(N)N[C@H]2[C@@H]1C2(Cl)Cl. The molecule has 1 aliphatic carbocycles. The predicted molar refractivity (Wildman–Crippen MR) is 46.6 cm³/mol. The number of fused-ring (bicyclic) bond motifs is 1. The first-order valence-corrected chi connectivity index (χ1v) is 4.68. The Balaban J connectivity index is 2.11. The van der Waals surface area contributed by atoms with Crippen LogP contribution in [0.4, 0.5) is 0 Å². The highest BCUT2D eigenvalue weighted by molar-refractivity contribution is 6.52. The van der Waals surface area contributed by atoms with Crippen LogP contribution in [-0.2, 0) is 0 Å². The standard InChI is InChI=1S/C7H12Cl2N2/c1-3-2-4(10)11-6-5(3)7(6,8)9/h3-6,11H,2,10H2,1H3/t3-,4?,5+,6-/m0/s1. The molecule has 0 amide bonds. The molecule has 2 rings (SSSR count). The van der Waals surface area contributed by atoms with Gasteiger partial charge in [-0.25, -0.2) is 0 Å². The van der Waals surface area contributed by atoms with Crippen LogP contribution in [0, 0.1) is 11.8 Å². The molecule has 1 saturated carbocycles. The summed E-state index contributed by atoms with van der Waals surface area (Å²) in [6, 6.07) is 0.226. The highest BCUT2D eigenvalue weighted by atomic mass is 35.5. The third kappa shape index (κ3) is 1.08. The van der Waals surface area contributed by atoms with Crippen molar-refractivity contribution < 1.29 is 0 Å². The molecule has 0 radical (unpaired) electrons. The lowest BCUT2D eigenvalue weighted by atomic mass is 9.97. The molecule has 0 spiro atoms. The van der Waals surface area contributed by atoms with E-state index in [9.17, 15) is 0 Å². The Kier molecular flexibility index (Phi) is 1.66. The van der Waals surface area contributed by atoms with Crippen LogP contribution in [0.1, 0.15) is 13.3 Å². The third-order valence-electron chi connectivity index (χ3n) is 2.74. The minimum Gasteiger partial charge on any atom is -0.316 e. The third-order valence-corrected chi connectivity index (χ3v) is 3.72. The van der Waals surface area contributed by atoms with Gasteiger partial charge >= 0.3 is 0 Å². The van der Waals surface area contributed by atoms with E-state index in [1.165, 1.54) is 0 Å². The molecule has 2 nitrogen and oxygen atoms in total. The van der Waals surface area contributed by atoms with Crippen molar-refractivity contribution in [2.75, 3.05) is 0 Å². The van der Waals surface area contributed by atoms with Gasteiger partial charge in [-0.05, 0) is 12.3 Å². The molecule has 0 aromatic carbocycles. The molecule has 0 bridgehead atoms. The van der Waals surface area contributed by atoms with Gasteiger partial charge in [-0.3, -0.25) is 5.32 Å². The van der Waals surface area contributed by atoms with Crippen molar-refractivity contribution in [1.82, 2.24) is 5.32 Å². The number of nitrogens with one attached hydrogen (secondary N) is 1. The lowest BCUT2D eigenvalue weighted by Gasteiger charge is -2.23. The van der Waals surface area contributed by atoms with Crippen molar-refractivity contribution in [2.24, 2.45) is 17.6 Å². The van der Waals surface area contributed by atoms with E-state index >= 15 is 0 Å². The van der Waals surface area contributed by atoms with Crippen molar-refractivity contribution in [3.63, 3.8) is 0 Å². The smallest absolute Gasteiger partial charge is 0.138 e. The number of alkyl halides is 2. The molecule has 64 valence electrons. The van der Waals surface area contributed by atoms with Crippen LogP contribution < -0.4 is 11.1 Å². The first kappa shape index (κ1) is 8.11. The Morgan fingerprint density at radius 2 is 2.18 bits per heavy atom. The monoisotopic (exact) mass is 194 g/mol. The van der Waals surface area contributed by atoms with Crippen LogP contribution in [-0.4, -0.2) is 16.5 Å². The highest BCUT2D eigenvalue weighted by Gasteiger charge is 2.67. The van der Waals surface area contributed by atoms with Crippen LogP contribution in [0.25, 0.3) is 0 Å². The van der Waals surface area contributed by atoms with Gasteiger partial charge in [0.05, 0.1) is 6.17 Å². The largest absolute Gasteiger partial charge is 0.316 e. The van der Waals surface area contributed by atoms with E-state index < -0.39 is 4.33 Å². The second kappa shape index (κ2) is 2.25. The summed E-state index contributed by atoms with van der Waals surface area (Å²) in [5.41, 5.74) is 5.73. The molecule has 4 heteroatoms. The van der Waals surface area contributed by atoms with Crippen molar-refractivity contribution in [2.45, 2.75) is 29.9 Å². The van der Waals surface area contributed by atoms with Gasteiger partial charge in [-0.15, -0.1) is 0 Å². The molecule has 1 aliphatic heterocycles. The molecule has 1 saturated heterocycles. The molecule has 11 heavy (non-hydrogen) atoms. The van der Waals surface area contributed by atoms with E-state index in [1.807, 2.05) is 0 Å². The summed E-state index contributed by atoms with van der Waals surface area (Å²) < 4.78 is -0.548. The molecular weight excluding hydrogens is 183 g/mol. The Bertz CT molecular complexity index is 183. The molecular formula is C7H12Cl2N2. The lowest BCUT2D eigenvalue weighted by Crippen LogP contribution is -2.45. The van der Waals surface area contributed by atoms with Crippen molar-refractivity contribution in [3.05, 3.63) is 0 Å². The van der Waals surface area contributed by atoms with Gasteiger partial charge in [0.15, 0.2) is 0 Å². The molecule has 1 unspecified atom stereocenters. The molecule has 3 N–H and O–H groups in total. The summed E-state index contributed by atoms with van der Waals surface area (Å²) in [4.78, 5) is 0. The molecule has 4 atom stereocenters. The summed E-state index contributed by atoms with van der Waals surface area (Å²) in [5, 5.41) is 3.19. The maximum atomic E-state index is 6.02. The molecule has 1 heterocycles. The van der Waals surface area contributed by atoms with E-state index in [1.54, 1.807) is 0 Å². The average Bonchev–Trinajstić information content (AvgIpc) is 2.34. The highest BCUT2D eigenvalue weighted by Crippen LogP contribution is 2.59. The number of hydrogen-bond acceptors (Lipinski definition) is 2. The normalized spacial score (nSPS) is 53.5. The van der Waals surface area contributed by atoms with Gasteiger partial charge in [0.1, 0.15) is 4.33 Å². The summed E-state index contributed by atoms with van der Waals surface area (Å²) in [6.07, 6.45) is 1.05. The zero-order valence-corrected chi connectivity index (χ0v) is 7.86. The average molecular weight is 195 g/mol. The van der Waals surface area contributed by atoms with Gasteiger partial charge < -0.3 is 5.73 Å². The second-order valence-corrected chi connectivity index (χ2v) is 5.11. The van der Waals surface area contributed by atoms with Crippen molar-refractivity contribution in [1.29, 1.82) is 0 Å². The molecule has 0 aromatic heterocycles. The maximum Gasteiger partial charge on any atom is 0.138 e. The first-order chi connectivity index (χ1) is 5.03. The van der Waals surface area contributed by atoms with E-state index in [4.69, 9.17) is 28.9 Å². The Hall–Kier alpha value is 0.500. The number of rotatable bonds is 0. The number of hydrogen-bond donors (Lipinski definition) is 2. The number of nitrogens with two attached hydrogens (primary N) is 1. The summed E-state index contributed by atoms with van der Waals surface area (Å²) in [6.45, 7) is 2.16. The Morgan fingerprint density at radius 1 is 1.55 bits per heavy atom. The summed E-state index contributed by atoms with van der Waals surface area (Å²) >= 11 is 12.0. The lowest BCUT2D eigenvalue weighted by molar-refractivity contribution is 0.313. The van der Waals surface area contributed by atoms with Gasteiger partial charge in [-0.1, -0.05) is 30.1 Å². The van der Waals surface area contributed by atoms with Crippen LogP contribution in [0.3, 0.4) is 0 Å². The van der Waals surface area contributed by atoms with Crippen molar-refractivity contribution >= 4 is 23.2 Å². The predicted octanol–water partition coefficient (Wildman–Crippen LogP) is 1.07. The summed E-state index contributed by atoms with van der Waals surface area (Å²) in [7, 11) is 0. The molecule has 2 aliphatic rings. The van der Waals surface area contributed by atoms with Gasteiger partial charge in [-0.2, -0.15) is 0 Å². The van der Waals surface area contributed by atoms with Crippen LogP contribution in [0.15, 0.2) is 0 Å². The Labute approximate surface area is 76.4 Å². The fourth-order valence-electron chi connectivity index (χ4n) is 2.12. The quantitative estimate of drug-likeness (QED) is 0.567. The van der Waals surface area contributed by atoms with Crippen LogP contribution in [0.5, 0.6) is 0 Å². The summed E-state index contributed by atoms with van der Waals surface area (Å²) in [5.74, 6) is 0.955. The van der Waals surface area contributed by atoms with Crippen molar-refractivity contribution in [3.8, 4) is 0 Å². The Morgan fingerprint density at radius 3 is 2.73 bits per heavy atom. The minimum absolute atomic E-state index is 0.0747. The van der Waals surface area contributed by atoms with Crippen LogP contribution >= 0.6 is 23.2 Å². The molecule has 2 fully saturated rings. The van der Waals surface area contributed by atoms with Crippen LogP contribution in [0.2, 0.25) is 0 Å². The number of piperidine rings is 1. The second-order valence-electron chi connectivity index (χ2n) is 3.66. The topological polar surface area (TPSA) is 38.0 Å². The fraction of sp³-hybridized carbons (Fsp3) is 1.00.